The molecule has 1 atom stereocenters. The fourth-order valence-corrected chi connectivity index (χ4v) is 4.28. The first-order chi connectivity index (χ1) is 11.7. The van der Waals surface area contributed by atoms with E-state index in [0.717, 1.165) is 26.2 Å². The molecule has 3 rings (SSSR count). The normalized spacial score (nSPS) is 19.8. The zero-order valence-corrected chi connectivity index (χ0v) is 17.3. The summed E-state index contributed by atoms with van der Waals surface area (Å²) in [6, 6.07) is 4.37. The number of halogens is 2. The highest BCUT2D eigenvalue weighted by molar-refractivity contribution is 5.85. The van der Waals surface area contributed by atoms with Gasteiger partial charge in [0.25, 0.3) is 0 Å². The Bertz CT molecular complexity index is 505. The molecule has 7 heteroatoms. The molecule has 0 amide bonds. The largest absolute Gasteiger partial charge is 0.502 e. The lowest BCUT2D eigenvalue weighted by molar-refractivity contribution is 0.103. The molecule has 2 N–H and O–H groups in total. The summed E-state index contributed by atoms with van der Waals surface area (Å²) in [6.45, 7) is 4.20. The van der Waals surface area contributed by atoms with Crippen LogP contribution in [0.3, 0.4) is 0 Å². The van der Waals surface area contributed by atoms with Crippen molar-refractivity contribution < 1.29 is 14.6 Å². The molecule has 1 heterocycles. The molecule has 5 nitrogen and oxygen atoms in total. The van der Waals surface area contributed by atoms with Gasteiger partial charge in [-0.1, -0.05) is 19.3 Å². The molecule has 0 spiro atoms. The van der Waals surface area contributed by atoms with Crippen molar-refractivity contribution in [2.45, 2.75) is 38.1 Å². The van der Waals surface area contributed by atoms with Crippen molar-refractivity contribution in [1.82, 2.24) is 10.2 Å². The number of hydrogen-bond acceptors (Lipinski definition) is 5. The van der Waals surface area contributed by atoms with Crippen LogP contribution < -0.4 is 14.8 Å². The molecule has 0 aromatic heterocycles. The summed E-state index contributed by atoms with van der Waals surface area (Å²) in [4.78, 5) is 2.59. The fourth-order valence-electron chi connectivity index (χ4n) is 4.28. The molecule has 2 aliphatic rings. The maximum Gasteiger partial charge on any atom is 0.200 e. The lowest BCUT2D eigenvalue weighted by atomic mass is 9.80. The second-order valence-corrected chi connectivity index (χ2v) is 6.90. The van der Waals surface area contributed by atoms with Crippen LogP contribution in [0.15, 0.2) is 12.1 Å². The van der Waals surface area contributed by atoms with Crippen LogP contribution in [0.25, 0.3) is 0 Å². The number of nitrogens with zero attached hydrogens (tertiary/aromatic N) is 1. The molecule has 0 bridgehead atoms. The first-order valence-electron chi connectivity index (χ1n) is 9.14. The molecule has 26 heavy (non-hydrogen) atoms. The molecule has 2 fully saturated rings. The molecule has 1 aliphatic carbocycles. The lowest BCUT2D eigenvalue weighted by Gasteiger charge is -2.41. The fraction of sp³-hybridized carbons (Fsp3) is 0.684. The van der Waals surface area contributed by atoms with E-state index in [1.165, 1.54) is 37.7 Å². The number of piperazine rings is 1. The highest BCUT2D eigenvalue weighted by atomic mass is 35.5. The number of aromatic hydroxyl groups is 1. The minimum absolute atomic E-state index is 0. The number of phenols is 1. The predicted molar refractivity (Wildman–Crippen MR) is 109 cm³/mol. The minimum atomic E-state index is 0. The van der Waals surface area contributed by atoms with E-state index in [1.807, 2.05) is 12.1 Å². The number of methoxy groups -OCH3 is 2. The Labute approximate surface area is 169 Å². The molecule has 1 saturated carbocycles. The quantitative estimate of drug-likeness (QED) is 0.778. The maximum atomic E-state index is 10.2. The van der Waals surface area contributed by atoms with Crippen molar-refractivity contribution in [3.63, 3.8) is 0 Å². The molecular formula is C19H32Cl2N2O3. The highest BCUT2D eigenvalue weighted by Crippen LogP contribution is 2.44. The molecule has 1 aliphatic heterocycles. The van der Waals surface area contributed by atoms with Gasteiger partial charge in [-0.2, -0.15) is 0 Å². The summed E-state index contributed by atoms with van der Waals surface area (Å²) < 4.78 is 10.8. The van der Waals surface area contributed by atoms with Gasteiger partial charge in [-0.05, 0) is 36.5 Å². The first kappa shape index (κ1) is 23.2. The SMILES string of the molecule is COc1cc([C@@H](C2CCCCC2)N2CCNCC2)cc(OC)c1O.Cl.Cl. The third kappa shape index (κ3) is 5.10. The van der Waals surface area contributed by atoms with Gasteiger partial charge in [0.15, 0.2) is 11.5 Å². The van der Waals surface area contributed by atoms with Crippen LogP contribution in [0.1, 0.15) is 43.7 Å². The zero-order valence-electron chi connectivity index (χ0n) is 15.7. The van der Waals surface area contributed by atoms with E-state index in [-0.39, 0.29) is 30.6 Å². The number of rotatable bonds is 5. The van der Waals surface area contributed by atoms with Gasteiger partial charge in [0.1, 0.15) is 0 Å². The Morgan fingerprint density at radius 1 is 1.00 bits per heavy atom. The molecule has 1 aromatic rings. The minimum Gasteiger partial charge on any atom is -0.502 e. The van der Waals surface area contributed by atoms with Crippen LogP contribution in [-0.2, 0) is 0 Å². The van der Waals surface area contributed by atoms with Crippen molar-refractivity contribution in [3.8, 4) is 17.2 Å². The van der Waals surface area contributed by atoms with E-state index in [1.54, 1.807) is 14.2 Å². The summed E-state index contributed by atoms with van der Waals surface area (Å²) in [5.74, 6) is 1.75. The summed E-state index contributed by atoms with van der Waals surface area (Å²) in [6.07, 6.45) is 6.55. The van der Waals surface area contributed by atoms with E-state index in [2.05, 4.69) is 10.2 Å². The Balaban J connectivity index is 0.00000169. The lowest BCUT2D eigenvalue weighted by Crippen LogP contribution is -2.47. The second kappa shape index (κ2) is 11.1. The smallest absolute Gasteiger partial charge is 0.200 e. The van der Waals surface area contributed by atoms with E-state index >= 15 is 0 Å². The van der Waals surface area contributed by atoms with Gasteiger partial charge in [0.05, 0.1) is 14.2 Å². The van der Waals surface area contributed by atoms with Gasteiger partial charge in [-0.25, -0.2) is 0 Å². The van der Waals surface area contributed by atoms with Crippen molar-refractivity contribution in [2.75, 3.05) is 40.4 Å². The van der Waals surface area contributed by atoms with Crippen LogP contribution in [0.2, 0.25) is 0 Å². The average Bonchev–Trinajstić information content (AvgIpc) is 2.65. The summed E-state index contributed by atoms with van der Waals surface area (Å²) in [7, 11) is 3.19. The van der Waals surface area contributed by atoms with Crippen LogP contribution in [0.5, 0.6) is 17.2 Å². The third-order valence-electron chi connectivity index (χ3n) is 5.48. The molecule has 150 valence electrons. The van der Waals surface area contributed by atoms with Gasteiger partial charge in [-0.15, -0.1) is 24.8 Å². The van der Waals surface area contributed by atoms with E-state index in [0.29, 0.717) is 23.5 Å². The van der Waals surface area contributed by atoms with Crippen LogP contribution in [0, 0.1) is 5.92 Å². The van der Waals surface area contributed by atoms with Crippen molar-refractivity contribution in [2.24, 2.45) is 5.92 Å². The summed E-state index contributed by atoms with van der Waals surface area (Å²) in [5.41, 5.74) is 1.20. The summed E-state index contributed by atoms with van der Waals surface area (Å²) in [5, 5.41) is 13.7. The van der Waals surface area contributed by atoms with Crippen molar-refractivity contribution in [1.29, 1.82) is 0 Å². The Morgan fingerprint density at radius 2 is 1.54 bits per heavy atom. The van der Waals surface area contributed by atoms with Gasteiger partial charge in [-0.3, -0.25) is 4.90 Å². The second-order valence-electron chi connectivity index (χ2n) is 6.90. The molecule has 0 unspecified atom stereocenters. The van der Waals surface area contributed by atoms with Crippen LogP contribution >= 0.6 is 24.8 Å². The Kier molecular flexibility index (Phi) is 9.86. The predicted octanol–water partition coefficient (Wildman–Crippen LogP) is 3.78. The number of phenolic OH excluding ortho intramolecular Hbond substituents is 1. The number of benzene rings is 1. The van der Waals surface area contributed by atoms with E-state index < -0.39 is 0 Å². The number of hydrogen-bond donors (Lipinski definition) is 2. The van der Waals surface area contributed by atoms with Crippen molar-refractivity contribution in [3.05, 3.63) is 17.7 Å². The zero-order chi connectivity index (χ0) is 16.9. The van der Waals surface area contributed by atoms with Gasteiger partial charge in [0, 0.05) is 32.2 Å². The third-order valence-corrected chi connectivity index (χ3v) is 5.48. The van der Waals surface area contributed by atoms with E-state index in [9.17, 15) is 5.11 Å². The van der Waals surface area contributed by atoms with Crippen LogP contribution in [0.4, 0.5) is 0 Å². The standard InChI is InChI=1S/C19H30N2O3.2ClH/c1-23-16-12-15(13-17(24-2)19(16)22)18(14-6-4-3-5-7-14)21-10-8-20-9-11-21;;/h12-14,18,20,22H,3-11H2,1-2H3;2*1H/t18-;;/m1../s1. The average molecular weight is 407 g/mol. The van der Waals surface area contributed by atoms with Crippen molar-refractivity contribution >= 4 is 24.8 Å². The topological polar surface area (TPSA) is 54.0 Å². The summed E-state index contributed by atoms with van der Waals surface area (Å²) >= 11 is 0. The van der Waals surface area contributed by atoms with E-state index in [4.69, 9.17) is 9.47 Å². The maximum absolute atomic E-state index is 10.2. The number of nitrogens with one attached hydrogen (secondary N) is 1. The Hall–Kier alpha value is -0.880. The monoisotopic (exact) mass is 406 g/mol. The van der Waals surface area contributed by atoms with Crippen LogP contribution in [-0.4, -0.2) is 50.4 Å². The first-order valence-corrected chi connectivity index (χ1v) is 9.14. The van der Waals surface area contributed by atoms with Gasteiger partial charge in [0.2, 0.25) is 5.75 Å². The van der Waals surface area contributed by atoms with Gasteiger partial charge < -0.3 is 19.9 Å². The highest BCUT2D eigenvalue weighted by Gasteiger charge is 2.32. The van der Waals surface area contributed by atoms with Gasteiger partial charge >= 0.3 is 0 Å². The molecule has 0 radical (unpaired) electrons. The molecule has 1 aromatic carbocycles. The Morgan fingerprint density at radius 3 is 2.04 bits per heavy atom. The molecular weight excluding hydrogens is 375 g/mol. The number of ether oxygens (including phenoxy) is 2. The molecule has 1 saturated heterocycles.